The van der Waals surface area contributed by atoms with Gasteiger partial charge in [0.25, 0.3) is 5.56 Å². The lowest BCUT2D eigenvalue weighted by atomic mass is 10.2. The van der Waals surface area contributed by atoms with Crippen LogP contribution < -0.4 is 11.0 Å². The molecule has 1 amide bonds. The first-order valence-electron chi connectivity index (χ1n) is 8.10. The molecule has 0 saturated heterocycles. The number of hydrazone groups is 1. The molecule has 0 spiro atoms. The molecule has 28 heavy (non-hydrogen) atoms. The van der Waals surface area contributed by atoms with Gasteiger partial charge in [0.1, 0.15) is 5.56 Å². The minimum absolute atomic E-state index is 0.0690. The van der Waals surface area contributed by atoms with E-state index in [-0.39, 0.29) is 40.1 Å². The Bertz CT molecular complexity index is 986. The second kappa shape index (κ2) is 10.4. The van der Waals surface area contributed by atoms with Crippen molar-refractivity contribution in [3.05, 3.63) is 50.0 Å². The maximum atomic E-state index is 12.2. The molecule has 0 aliphatic rings. The van der Waals surface area contributed by atoms with E-state index in [9.17, 15) is 14.7 Å². The van der Waals surface area contributed by atoms with E-state index in [2.05, 4.69) is 15.5 Å². The van der Waals surface area contributed by atoms with E-state index in [1.165, 1.54) is 30.4 Å². The van der Waals surface area contributed by atoms with Crippen molar-refractivity contribution in [3.8, 4) is 5.88 Å². The number of hydrogen-bond acceptors (Lipinski definition) is 7. The molecule has 2 aromatic rings. The van der Waals surface area contributed by atoms with E-state index in [4.69, 9.17) is 28.6 Å². The van der Waals surface area contributed by atoms with Gasteiger partial charge in [-0.15, -0.1) is 11.8 Å². The highest BCUT2D eigenvalue weighted by Crippen LogP contribution is 2.20. The van der Waals surface area contributed by atoms with E-state index in [0.29, 0.717) is 11.6 Å². The smallest absolute Gasteiger partial charge is 0.264 e. The third kappa shape index (κ3) is 5.93. The standard InChI is InChI=1S/C17H19ClN4O4S2/c1-10(14-15(24)19-17(27)22(16(14)25)7-8-26-2)20-21-13(23)9-28-12-5-3-11(18)4-6-12/h3-6,25H,7-9H2,1-2H3,(H,21,23)(H,19,24,27)/b20-10+. The molecule has 0 atom stereocenters. The van der Waals surface area contributed by atoms with Crippen molar-refractivity contribution < 1.29 is 14.6 Å². The number of carbonyl (C=O) groups is 1. The summed E-state index contributed by atoms with van der Waals surface area (Å²) in [4.78, 5) is 27.5. The molecular weight excluding hydrogens is 424 g/mol. The van der Waals surface area contributed by atoms with E-state index in [1.807, 2.05) is 12.1 Å². The minimum atomic E-state index is -0.595. The molecule has 1 aromatic heterocycles. The molecular formula is C17H19ClN4O4S2. The van der Waals surface area contributed by atoms with Crippen LogP contribution in [0, 0.1) is 4.77 Å². The molecule has 8 nitrogen and oxygen atoms in total. The highest BCUT2D eigenvalue weighted by Gasteiger charge is 2.16. The van der Waals surface area contributed by atoms with Crippen LogP contribution in [-0.2, 0) is 16.1 Å². The molecule has 0 bridgehead atoms. The van der Waals surface area contributed by atoms with Crippen molar-refractivity contribution in [2.75, 3.05) is 19.5 Å². The maximum Gasteiger partial charge on any atom is 0.264 e. The lowest BCUT2D eigenvalue weighted by Gasteiger charge is -2.12. The first kappa shape index (κ1) is 22.2. The summed E-state index contributed by atoms with van der Waals surface area (Å²) in [7, 11) is 1.51. The number of amides is 1. The summed E-state index contributed by atoms with van der Waals surface area (Å²) < 4.78 is 6.36. The van der Waals surface area contributed by atoms with Gasteiger partial charge in [0.15, 0.2) is 4.77 Å². The first-order valence-corrected chi connectivity index (χ1v) is 9.87. The molecule has 0 saturated carbocycles. The molecule has 0 radical (unpaired) electrons. The Kier molecular flexibility index (Phi) is 8.24. The summed E-state index contributed by atoms with van der Waals surface area (Å²) in [6.07, 6.45) is 0. The van der Waals surface area contributed by atoms with Crippen LogP contribution in [0.4, 0.5) is 0 Å². The number of halogens is 1. The van der Waals surface area contributed by atoms with Crippen molar-refractivity contribution in [1.82, 2.24) is 15.0 Å². The first-order chi connectivity index (χ1) is 13.3. The lowest BCUT2D eigenvalue weighted by molar-refractivity contribution is -0.118. The zero-order valence-electron chi connectivity index (χ0n) is 15.2. The Balaban J connectivity index is 2.09. The fourth-order valence-electron chi connectivity index (χ4n) is 2.19. The van der Waals surface area contributed by atoms with Crippen molar-refractivity contribution in [3.63, 3.8) is 0 Å². The number of nitrogens with zero attached hydrogens (tertiary/aromatic N) is 2. The monoisotopic (exact) mass is 442 g/mol. The van der Waals surface area contributed by atoms with Gasteiger partial charge in [-0.3, -0.25) is 19.1 Å². The third-order valence-electron chi connectivity index (χ3n) is 3.58. The van der Waals surface area contributed by atoms with E-state index in [1.54, 1.807) is 12.1 Å². The maximum absolute atomic E-state index is 12.2. The van der Waals surface area contributed by atoms with Gasteiger partial charge in [-0.2, -0.15) is 5.10 Å². The number of hydrogen-bond donors (Lipinski definition) is 3. The van der Waals surface area contributed by atoms with Crippen molar-refractivity contribution in [2.24, 2.45) is 5.10 Å². The number of benzene rings is 1. The molecule has 1 aromatic carbocycles. The number of aromatic amines is 1. The Morgan fingerprint density at radius 1 is 1.43 bits per heavy atom. The summed E-state index contributed by atoms with van der Waals surface area (Å²) in [6, 6.07) is 7.09. The van der Waals surface area contributed by atoms with Crippen LogP contribution in [-0.4, -0.2) is 45.7 Å². The molecule has 0 aliphatic carbocycles. The van der Waals surface area contributed by atoms with Gasteiger partial charge in [0.05, 0.1) is 24.6 Å². The van der Waals surface area contributed by atoms with Crippen molar-refractivity contribution in [2.45, 2.75) is 18.4 Å². The Morgan fingerprint density at radius 2 is 2.11 bits per heavy atom. The predicted octanol–water partition coefficient (Wildman–Crippen LogP) is 2.54. The predicted molar refractivity (Wildman–Crippen MR) is 112 cm³/mol. The number of methoxy groups -OCH3 is 1. The number of carbonyl (C=O) groups excluding carboxylic acids is 1. The molecule has 2 rings (SSSR count). The van der Waals surface area contributed by atoms with Crippen LogP contribution in [0.1, 0.15) is 12.5 Å². The van der Waals surface area contributed by atoms with Gasteiger partial charge in [-0.05, 0) is 43.4 Å². The zero-order chi connectivity index (χ0) is 20.7. The van der Waals surface area contributed by atoms with Crippen LogP contribution in [0.25, 0.3) is 0 Å². The summed E-state index contributed by atoms with van der Waals surface area (Å²) in [5.74, 6) is -0.570. The van der Waals surface area contributed by atoms with Crippen LogP contribution >= 0.6 is 35.6 Å². The van der Waals surface area contributed by atoms with E-state index in [0.717, 1.165) is 4.90 Å². The average molecular weight is 443 g/mol. The Morgan fingerprint density at radius 3 is 2.75 bits per heavy atom. The van der Waals surface area contributed by atoms with Crippen LogP contribution in [0.2, 0.25) is 5.02 Å². The number of aromatic hydroxyl groups is 1. The van der Waals surface area contributed by atoms with Crippen LogP contribution in [0.15, 0.2) is 39.1 Å². The number of rotatable bonds is 8. The van der Waals surface area contributed by atoms with Crippen LogP contribution in [0.5, 0.6) is 5.88 Å². The number of thioether (sulfide) groups is 1. The van der Waals surface area contributed by atoms with Gasteiger partial charge in [-0.25, -0.2) is 5.43 Å². The molecule has 0 fully saturated rings. The van der Waals surface area contributed by atoms with Crippen LogP contribution in [0.3, 0.4) is 0 Å². The summed E-state index contributed by atoms with van der Waals surface area (Å²) >= 11 is 12.2. The highest BCUT2D eigenvalue weighted by atomic mass is 35.5. The van der Waals surface area contributed by atoms with Gasteiger partial charge in [0, 0.05) is 17.0 Å². The van der Waals surface area contributed by atoms with Gasteiger partial charge >= 0.3 is 0 Å². The SMILES string of the molecule is COCCn1c(O)c(/C(C)=N/NC(=O)CSc2ccc(Cl)cc2)c(=O)[nH]c1=S. The van der Waals surface area contributed by atoms with E-state index >= 15 is 0 Å². The number of ether oxygens (including phenoxy) is 1. The lowest BCUT2D eigenvalue weighted by Crippen LogP contribution is -2.26. The summed E-state index contributed by atoms with van der Waals surface area (Å²) in [5.41, 5.74) is 1.85. The fourth-order valence-corrected chi connectivity index (χ4v) is 3.28. The zero-order valence-corrected chi connectivity index (χ0v) is 17.6. The quantitative estimate of drug-likeness (QED) is 0.251. The fraction of sp³-hybridized carbons (Fsp3) is 0.294. The molecule has 11 heteroatoms. The van der Waals surface area contributed by atoms with Gasteiger partial charge < -0.3 is 9.84 Å². The minimum Gasteiger partial charge on any atom is -0.494 e. The molecule has 0 unspecified atom stereocenters. The van der Waals surface area contributed by atoms with Gasteiger partial charge in [-0.1, -0.05) is 11.6 Å². The largest absolute Gasteiger partial charge is 0.494 e. The second-order valence-corrected chi connectivity index (χ2v) is 7.45. The normalized spacial score (nSPS) is 11.5. The highest BCUT2D eigenvalue weighted by molar-refractivity contribution is 8.00. The Hall–Kier alpha value is -2.14. The second-order valence-electron chi connectivity index (χ2n) is 5.58. The number of aromatic nitrogens is 2. The van der Waals surface area contributed by atoms with Crippen molar-refractivity contribution >= 4 is 47.2 Å². The molecule has 3 N–H and O–H groups in total. The third-order valence-corrected chi connectivity index (χ3v) is 5.17. The summed E-state index contributed by atoms with van der Waals surface area (Å²) in [5, 5.41) is 14.9. The summed E-state index contributed by atoms with van der Waals surface area (Å²) in [6.45, 7) is 2.05. The average Bonchev–Trinajstić information content (AvgIpc) is 2.65. The van der Waals surface area contributed by atoms with Gasteiger partial charge in [0.2, 0.25) is 11.8 Å². The number of H-pyrrole nitrogens is 1. The number of nitrogens with one attached hydrogen (secondary N) is 2. The topological polar surface area (TPSA) is 109 Å². The Labute approximate surface area is 175 Å². The molecule has 0 aliphatic heterocycles. The van der Waals surface area contributed by atoms with Crippen molar-refractivity contribution in [1.29, 1.82) is 0 Å². The molecule has 1 heterocycles. The molecule has 150 valence electrons. The van der Waals surface area contributed by atoms with E-state index < -0.39 is 5.56 Å².